The van der Waals surface area contributed by atoms with Crippen LogP contribution in [0.3, 0.4) is 0 Å². The van der Waals surface area contributed by atoms with Gasteiger partial charge in [-0.3, -0.25) is 4.40 Å². The molecule has 1 aliphatic rings. The summed E-state index contributed by atoms with van der Waals surface area (Å²) in [6, 6.07) is 8.66. The average molecular weight is 520 g/mol. The lowest BCUT2D eigenvalue weighted by atomic mass is 9.84. The van der Waals surface area contributed by atoms with Crippen molar-refractivity contribution in [3.63, 3.8) is 0 Å². The van der Waals surface area contributed by atoms with Crippen LogP contribution < -0.4 is 4.90 Å². The van der Waals surface area contributed by atoms with Crippen LogP contribution in [0.2, 0.25) is 5.02 Å². The van der Waals surface area contributed by atoms with Crippen LogP contribution in [-0.2, 0) is 12.8 Å². The summed E-state index contributed by atoms with van der Waals surface area (Å²) in [6.45, 7) is 4.90. The maximum atomic E-state index is 14.7. The molecule has 2 aromatic carbocycles. The zero-order valence-electron chi connectivity index (χ0n) is 20.3. The van der Waals surface area contributed by atoms with Crippen LogP contribution in [0.5, 0.6) is 0 Å². The Kier molecular flexibility index (Phi) is 6.09. The van der Waals surface area contributed by atoms with Crippen molar-refractivity contribution in [2.24, 2.45) is 5.41 Å². The molecule has 0 bridgehead atoms. The Morgan fingerprint density at radius 2 is 1.86 bits per heavy atom. The highest BCUT2D eigenvalue weighted by Crippen LogP contribution is 2.43. The molecule has 0 saturated heterocycles. The number of hydrogen-bond acceptors (Lipinski definition) is 4. The fourth-order valence-corrected chi connectivity index (χ4v) is 5.02. The van der Waals surface area contributed by atoms with E-state index in [4.69, 9.17) is 16.6 Å². The van der Waals surface area contributed by atoms with Gasteiger partial charge in [-0.25, -0.2) is 4.39 Å². The standard InChI is InChI=1S/C26H26ClF4N5/c1-15-33-34-24-32-23(18-13-20(28)19(27)14-22(18)36(15)24)35-12-5-4-8-17-16(7-6-9-21(17)35)10-11-25(2,3)26(29,30)31/h6-7,9,13-14H,4-5,8,10-12H2,1-3H3. The van der Waals surface area contributed by atoms with E-state index in [2.05, 4.69) is 10.2 Å². The predicted molar refractivity (Wildman–Crippen MR) is 133 cm³/mol. The summed E-state index contributed by atoms with van der Waals surface area (Å²) in [7, 11) is 0. The number of anilines is 2. The third kappa shape index (κ3) is 4.17. The number of halogens is 5. The second kappa shape index (κ2) is 8.87. The molecule has 5 nitrogen and oxygen atoms in total. The number of hydrogen-bond donors (Lipinski definition) is 0. The van der Waals surface area contributed by atoms with Crippen molar-refractivity contribution in [2.45, 2.75) is 59.1 Å². The van der Waals surface area contributed by atoms with Gasteiger partial charge in [-0.15, -0.1) is 10.2 Å². The van der Waals surface area contributed by atoms with Crippen molar-refractivity contribution < 1.29 is 17.6 Å². The maximum absolute atomic E-state index is 14.7. The summed E-state index contributed by atoms with van der Waals surface area (Å²) in [4.78, 5) is 6.79. The molecule has 190 valence electrons. The molecule has 36 heavy (non-hydrogen) atoms. The van der Waals surface area contributed by atoms with E-state index in [9.17, 15) is 17.6 Å². The van der Waals surface area contributed by atoms with Crippen LogP contribution in [0, 0.1) is 18.2 Å². The normalized spacial score (nSPS) is 14.9. The Bertz CT molecular complexity index is 1460. The molecule has 0 N–H and O–H groups in total. The van der Waals surface area contributed by atoms with Gasteiger partial charge in [-0.05, 0) is 68.4 Å². The van der Waals surface area contributed by atoms with E-state index in [1.807, 2.05) is 23.1 Å². The van der Waals surface area contributed by atoms with E-state index in [1.165, 1.54) is 19.9 Å². The molecular formula is C26H26ClF4N5. The van der Waals surface area contributed by atoms with Gasteiger partial charge in [0, 0.05) is 17.6 Å². The van der Waals surface area contributed by atoms with Crippen molar-refractivity contribution in [1.29, 1.82) is 0 Å². The molecule has 0 radical (unpaired) electrons. The summed E-state index contributed by atoms with van der Waals surface area (Å²) in [5, 5.41) is 8.86. The summed E-state index contributed by atoms with van der Waals surface area (Å²) in [6.07, 6.45) is -1.50. The number of nitrogens with zero attached hydrogens (tertiary/aromatic N) is 5. The summed E-state index contributed by atoms with van der Waals surface area (Å²) < 4.78 is 56.9. The molecule has 5 rings (SSSR count). The molecule has 3 heterocycles. The highest BCUT2D eigenvalue weighted by Gasteiger charge is 2.46. The zero-order valence-corrected chi connectivity index (χ0v) is 21.0. The van der Waals surface area contributed by atoms with E-state index in [1.54, 1.807) is 17.4 Å². The minimum absolute atomic E-state index is 0.0111. The van der Waals surface area contributed by atoms with Crippen molar-refractivity contribution in [3.8, 4) is 0 Å². The van der Waals surface area contributed by atoms with Crippen molar-refractivity contribution in [1.82, 2.24) is 19.6 Å². The van der Waals surface area contributed by atoms with E-state index in [0.29, 0.717) is 41.3 Å². The van der Waals surface area contributed by atoms with Crippen LogP contribution in [0.1, 0.15) is 50.1 Å². The maximum Gasteiger partial charge on any atom is 0.393 e. The minimum Gasteiger partial charge on any atom is -0.325 e. The Labute approximate surface area is 211 Å². The molecule has 4 aromatic rings. The first-order chi connectivity index (χ1) is 17.0. The molecule has 0 unspecified atom stereocenters. The predicted octanol–water partition coefficient (Wildman–Crippen LogP) is 7.37. The minimum atomic E-state index is -4.27. The Morgan fingerprint density at radius 3 is 2.61 bits per heavy atom. The lowest BCUT2D eigenvalue weighted by Crippen LogP contribution is -2.32. The zero-order chi connectivity index (χ0) is 25.8. The second-order valence-electron chi connectivity index (χ2n) is 10.0. The smallest absolute Gasteiger partial charge is 0.325 e. The topological polar surface area (TPSA) is 46.3 Å². The fraction of sp³-hybridized carbons (Fsp3) is 0.423. The van der Waals surface area contributed by atoms with E-state index in [-0.39, 0.29) is 11.4 Å². The molecule has 0 amide bonds. The third-order valence-electron chi connectivity index (χ3n) is 7.17. The monoisotopic (exact) mass is 519 g/mol. The Morgan fingerprint density at radius 1 is 1.08 bits per heavy atom. The molecule has 0 spiro atoms. The van der Waals surface area contributed by atoms with E-state index >= 15 is 0 Å². The fourth-order valence-electron chi connectivity index (χ4n) is 4.86. The van der Waals surface area contributed by atoms with Crippen LogP contribution in [0.15, 0.2) is 30.3 Å². The first-order valence-corrected chi connectivity index (χ1v) is 12.3. The summed E-state index contributed by atoms with van der Waals surface area (Å²) in [5.74, 6) is 0.931. The van der Waals surface area contributed by atoms with Gasteiger partial charge >= 0.3 is 6.18 Å². The number of benzene rings is 2. The first-order valence-electron chi connectivity index (χ1n) is 11.9. The van der Waals surface area contributed by atoms with Gasteiger partial charge < -0.3 is 4.90 Å². The Balaban J connectivity index is 1.65. The molecule has 0 atom stereocenters. The quantitative estimate of drug-likeness (QED) is 0.264. The Hall–Kier alpha value is -2.94. The van der Waals surface area contributed by atoms with Crippen LogP contribution in [-0.4, -0.2) is 32.3 Å². The highest BCUT2D eigenvalue weighted by atomic mass is 35.5. The highest BCUT2D eigenvalue weighted by molar-refractivity contribution is 6.31. The van der Waals surface area contributed by atoms with Crippen LogP contribution >= 0.6 is 11.6 Å². The van der Waals surface area contributed by atoms with E-state index < -0.39 is 17.4 Å². The second-order valence-corrected chi connectivity index (χ2v) is 10.4. The largest absolute Gasteiger partial charge is 0.393 e. The summed E-state index contributed by atoms with van der Waals surface area (Å²) in [5.41, 5.74) is 1.63. The number of aromatic nitrogens is 4. The SMILES string of the molecule is Cc1nnc2nc(N3CCCCc4c(CCC(C)(C)C(F)(F)F)cccc43)c3cc(F)c(Cl)cc3n12. The number of aryl methyl sites for hydroxylation is 2. The van der Waals surface area contributed by atoms with Gasteiger partial charge in [0.15, 0.2) is 0 Å². The third-order valence-corrected chi connectivity index (χ3v) is 7.46. The van der Waals surface area contributed by atoms with Crippen LogP contribution in [0.25, 0.3) is 16.7 Å². The number of rotatable bonds is 4. The van der Waals surface area contributed by atoms with Gasteiger partial charge in [0.1, 0.15) is 17.5 Å². The molecule has 2 aromatic heterocycles. The van der Waals surface area contributed by atoms with Crippen molar-refractivity contribution in [3.05, 3.63) is 58.1 Å². The molecule has 0 aliphatic carbocycles. The molecular weight excluding hydrogens is 494 g/mol. The van der Waals surface area contributed by atoms with Crippen molar-refractivity contribution >= 4 is 39.8 Å². The average Bonchev–Trinajstić information content (AvgIpc) is 3.05. The number of fused-ring (bicyclic) bond motifs is 4. The summed E-state index contributed by atoms with van der Waals surface area (Å²) >= 11 is 6.13. The molecule has 1 aliphatic heterocycles. The first kappa shape index (κ1) is 24.7. The van der Waals surface area contributed by atoms with Crippen molar-refractivity contribution in [2.75, 3.05) is 11.4 Å². The van der Waals surface area contributed by atoms with Gasteiger partial charge in [0.25, 0.3) is 5.78 Å². The lowest BCUT2D eigenvalue weighted by molar-refractivity contribution is -0.213. The van der Waals surface area contributed by atoms with E-state index in [0.717, 1.165) is 36.1 Å². The number of alkyl halides is 3. The van der Waals surface area contributed by atoms with Crippen LogP contribution in [0.4, 0.5) is 29.1 Å². The molecule has 0 saturated carbocycles. The molecule has 0 fully saturated rings. The van der Waals surface area contributed by atoms with Gasteiger partial charge in [-0.1, -0.05) is 37.6 Å². The van der Waals surface area contributed by atoms with Gasteiger partial charge in [0.2, 0.25) is 0 Å². The molecule has 10 heteroatoms. The van der Waals surface area contributed by atoms with Gasteiger partial charge in [-0.2, -0.15) is 18.2 Å². The van der Waals surface area contributed by atoms with Gasteiger partial charge in [0.05, 0.1) is 16.0 Å². The lowest BCUT2D eigenvalue weighted by Gasteiger charge is -2.29.